The number of carboxylic acid groups (broad SMARTS) is 4. The molecule has 41 nitrogen and oxygen atoms in total. The molecular weight excluding hydrogens is 1380 g/mol. The first-order valence-electron chi connectivity index (χ1n) is 32.3. The predicted octanol–water partition coefficient (Wildman–Crippen LogP) is -8.86. The van der Waals surface area contributed by atoms with Crippen molar-refractivity contribution in [1.82, 2.24) is 69.1 Å². The van der Waals surface area contributed by atoms with E-state index >= 15 is 0 Å². The number of aromatic hydroxyl groups is 2. The lowest BCUT2D eigenvalue weighted by Gasteiger charge is -2.27. The standard InChI is InChI=1S/C63H92N14O27/c1-28(2)19-41(63(103)104)73-56(96)37(16-18-48(89)90)70-61(101)51(29(3)4)76-46(86)25-66-54(94)43(27-79)75-62(102)52(31(6)81)77-59(99)40(22-49(91)92)72-57(97)38(20-32-7-11-34(82)12-8-32)69-45(85)23-65-53(93)42(26-78)74-58(98)39(21-33-9-13-35(83)14-10-33)71-55(95)36(15-17-47(87)88)68-44(84)24-67-60(100)50(64)30(5)80/h7-14,28-31,36-43,50-52,78-83H,15-27,64H2,1-6H3,(H,65,93)(H,66,94)(H,67,100)(H,68,84)(H,69,85)(H,70,101)(H,71,95)(H,72,97)(H,73,96)(H,74,98)(H,75,102)(H,76,86)(H,77,99)(H,87,88)(H,89,90)(H,91,92)(H,103,104)/t30-,31-,36+,37+,38+,39+,40+,41+,42+,43+,50+,51+,52+/m1/s1. The highest BCUT2D eigenvalue weighted by molar-refractivity contribution is 6.00. The zero-order chi connectivity index (χ0) is 78.8. The number of nitrogens with one attached hydrogen (secondary N) is 13. The number of hydrogen-bond donors (Lipinski definition) is 24. The number of phenols is 2. The van der Waals surface area contributed by atoms with E-state index in [0.717, 1.165) is 6.92 Å². The topological polar surface area (TPSA) is 675 Å². The fourth-order valence-corrected chi connectivity index (χ4v) is 9.30. The number of aliphatic hydroxyl groups is 4. The number of amides is 13. The molecule has 0 unspecified atom stereocenters. The number of hydrogen-bond acceptors (Lipinski definition) is 24. The third-order valence-corrected chi connectivity index (χ3v) is 15.0. The average Bonchev–Trinajstić information content (AvgIpc) is 0.861. The second kappa shape index (κ2) is 44.3. The molecule has 2 aromatic rings. The summed E-state index contributed by atoms with van der Waals surface area (Å²) >= 11 is 0. The van der Waals surface area contributed by atoms with E-state index in [9.17, 15) is 133 Å². The molecule has 104 heavy (non-hydrogen) atoms. The Kier molecular flexibility index (Phi) is 37.8. The van der Waals surface area contributed by atoms with Gasteiger partial charge >= 0.3 is 23.9 Å². The molecule has 41 heteroatoms. The summed E-state index contributed by atoms with van der Waals surface area (Å²) < 4.78 is 0. The lowest BCUT2D eigenvalue weighted by Crippen LogP contribution is -2.62. The number of carbonyl (C=O) groups excluding carboxylic acids is 13. The highest BCUT2D eigenvalue weighted by atomic mass is 16.4. The van der Waals surface area contributed by atoms with E-state index in [1.807, 2.05) is 10.6 Å². The van der Waals surface area contributed by atoms with Crippen LogP contribution in [-0.4, -0.2) is 263 Å². The van der Waals surface area contributed by atoms with Crippen LogP contribution >= 0.6 is 0 Å². The molecule has 13 amide bonds. The van der Waals surface area contributed by atoms with Gasteiger partial charge in [0, 0.05) is 25.7 Å². The van der Waals surface area contributed by atoms with Gasteiger partial charge in [-0.25, -0.2) is 4.79 Å². The highest BCUT2D eigenvalue weighted by Crippen LogP contribution is 2.15. The molecule has 13 atom stereocenters. The van der Waals surface area contributed by atoms with Gasteiger partial charge in [-0.05, 0) is 80.3 Å². The quantitative estimate of drug-likeness (QED) is 0.0293. The van der Waals surface area contributed by atoms with Crippen LogP contribution in [0.5, 0.6) is 11.5 Å². The molecule has 0 heterocycles. The molecule has 0 spiro atoms. The maximum absolute atomic E-state index is 14.1. The molecule has 0 aliphatic carbocycles. The molecule has 25 N–H and O–H groups in total. The van der Waals surface area contributed by atoms with Gasteiger partial charge < -0.3 is 126 Å². The van der Waals surface area contributed by atoms with E-state index in [1.165, 1.54) is 69.3 Å². The van der Waals surface area contributed by atoms with Crippen LogP contribution in [0.4, 0.5) is 0 Å². The Morgan fingerprint density at radius 1 is 0.375 bits per heavy atom. The van der Waals surface area contributed by atoms with Crippen molar-refractivity contribution in [1.29, 1.82) is 0 Å². The van der Waals surface area contributed by atoms with Crippen LogP contribution in [0.15, 0.2) is 48.5 Å². The van der Waals surface area contributed by atoms with Crippen molar-refractivity contribution in [3.05, 3.63) is 59.7 Å². The van der Waals surface area contributed by atoms with Crippen LogP contribution in [0.25, 0.3) is 0 Å². The third-order valence-electron chi connectivity index (χ3n) is 15.0. The van der Waals surface area contributed by atoms with E-state index < -0.39 is 263 Å². The van der Waals surface area contributed by atoms with E-state index in [-0.39, 0.29) is 35.0 Å². The van der Waals surface area contributed by atoms with Gasteiger partial charge in [0.05, 0.1) is 51.5 Å². The summed E-state index contributed by atoms with van der Waals surface area (Å²) in [6, 6.07) is -9.32. The number of phenolic OH excluding ortho intramolecular Hbond substituents is 2. The summed E-state index contributed by atoms with van der Waals surface area (Å²) in [4.78, 5) is 222. The Hall–Kier alpha value is -11.2. The molecule has 2 aromatic carbocycles. The van der Waals surface area contributed by atoms with Crippen LogP contribution in [0.2, 0.25) is 0 Å². The summed E-state index contributed by atoms with van der Waals surface area (Å²) in [5.41, 5.74) is 6.04. The number of aliphatic carboxylic acids is 4. The van der Waals surface area contributed by atoms with Gasteiger partial charge in [0.25, 0.3) is 0 Å². The SMILES string of the molecule is CC(C)C[C@H](NC(=O)[C@H](CCC(=O)O)NC(=O)[C@@H](NC(=O)CNC(=O)[C@H](CO)NC(=O)[C@@H](NC(=O)[C@H](CC(=O)O)NC(=O)[C@H](Cc1ccc(O)cc1)NC(=O)CNC(=O)[C@H](CO)NC(=O)[C@H](Cc1ccc(O)cc1)NC(=O)[C@H](CCC(=O)O)NC(=O)CNC(=O)[C@@H](N)[C@@H](C)O)[C@@H](C)O)C(C)C)C(=O)O. The first-order valence-corrected chi connectivity index (χ1v) is 32.3. The van der Waals surface area contributed by atoms with Gasteiger partial charge in [-0.15, -0.1) is 0 Å². The largest absolute Gasteiger partial charge is 0.508 e. The van der Waals surface area contributed by atoms with Crippen molar-refractivity contribution in [2.75, 3.05) is 32.8 Å². The summed E-state index contributed by atoms with van der Waals surface area (Å²) in [5, 5.41) is 127. The maximum Gasteiger partial charge on any atom is 0.326 e. The van der Waals surface area contributed by atoms with Crippen LogP contribution in [0.3, 0.4) is 0 Å². The summed E-state index contributed by atoms with van der Waals surface area (Å²) in [5.74, 6) is -22.8. The van der Waals surface area contributed by atoms with E-state index in [4.69, 9.17) is 5.73 Å². The number of carbonyl (C=O) groups is 17. The Labute approximate surface area is 593 Å². The van der Waals surface area contributed by atoms with Crippen molar-refractivity contribution in [3.63, 3.8) is 0 Å². The monoisotopic (exact) mass is 1480 g/mol. The molecule has 0 aromatic heterocycles. The second-order valence-electron chi connectivity index (χ2n) is 24.6. The van der Waals surface area contributed by atoms with Crippen molar-refractivity contribution in [2.45, 2.75) is 172 Å². The zero-order valence-corrected chi connectivity index (χ0v) is 57.5. The highest BCUT2D eigenvalue weighted by Gasteiger charge is 2.37. The Balaban J connectivity index is 2.31. The Bertz CT molecular complexity index is 3360. The molecule has 0 bridgehead atoms. The van der Waals surface area contributed by atoms with Gasteiger partial charge in [-0.2, -0.15) is 0 Å². The summed E-state index contributed by atoms with van der Waals surface area (Å²) in [6.45, 7) is 3.23. The van der Waals surface area contributed by atoms with E-state index in [0.29, 0.717) is 0 Å². The van der Waals surface area contributed by atoms with Gasteiger partial charge in [-0.1, -0.05) is 52.0 Å². The van der Waals surface area contributed by atoms with Crippen LogP contribution in [0.1, 0.15) is 91.2 Å². The Morgan fingerprint density at radius 3 is 1.12 bits per heavy atom. The first-order chi connectivity index (χ1) is 48.7. The lowest BCUT2D eigenvalue weighted by molar-refractivity contribution is -0.143. The van der Waals surface area contributed by atoms with Crippen molar-refractivity contribution >= 4 is 101 Å². The first kappa shape index (κ1) is 88.9. The minimum absolute atomic E-state index is 0.0202. The zero-order valence-electron chi connectivity index (χ0n) is 57.5. The molecule has 0 aliphatic heterocycles. The van der Waals surface area contributed by atoms with Crippen molar-refractivity contribution in [2.24, 2.45) is 17.6 Å². The lowest BCUT2D eigenvalue weighted by atomic mass is 10.0. The second-order valence-corrected chi connectivity index (χ2v) is 24.6. The van der Waals surface area contributed by atoms with E-state index in [1.54, 1.807) is 13.8 Å². The third kappa shape index (κ3) is 32.6. The van der Waals surface area contributed by atoms with Crippen LogP contribution < -0.4 is 74.9 Å². The van der Waals surface area contributed by atoms with Crippen LogP contribution in [-0.2, 0) is 94.3 Å². The van der Waals surface area contributed by atoms with E-state index in [2.05, 4.69) is 58.5 Å². The predicted molar refractivity (Wildman–Crippen MR) is 355 cm³/mol. The molecule has 576 valence electrons. The molecule has 2 rings (SSSR count). The Morgan fingerprint density at radius 2 is 0.721 bits per heavy atom. The minimum atomic E-state index is -2.17. The fraction of sp³-hybridized carbons (Fsp3) is 0.540. The maximum atomic E-state index is 14.1. The molecule has 0 radical (unpaired) electrons. The fourth-order valence-electron chi connectivity index (χ4n) is 9.30. The summed E-state index contributed by atoms with van der Waals surface area (Å²) in [7, 11) is 0. The molecule has 0 aliphatic rings. The smallest absolute Gasteiger partial charge is 0.326 e. The molecule has 0 fully saturated rings. The number of nitrogens with two attached hydrogens (primary N) is 1. The van der Waals surface area contributed by atoms with Crippen molar-refractivity contribution in [3.8, 4) is 11.5 Å². The molecular formula is C63H92N14O27. The number of rotatable bonds is 46. The minimum Gasteiger partial charge on any atom is -0.508 e. The number of benzene rings is 2. The van der Waals surface area contributed by atoms with Gasteiger partial charge in [-0.3, -0.25) is 76.7 Å². The van der Waals surface area contributed by atoms with Gasteiger partial charge in [0.2, 0.25) is 76.8 Å². The summed E-state index contributed by atoms with van der Waals surface area (Å²) in [6.07, 6.45) is -7.86. The van der Waals surface area contributed by atoms with Crippen molar-refractivity contribution < 1.29 is 133 Å². The molecule has 0 saturated carbocycles. The number of aliphatic hydroxyl groups excluding tert-OH is 4. The van der Waals surface area contributed by atoms with Gasteiger partial charge in [0.15, 0.2) is 0 Å². The van der Waals surface area contributed by atoms with Crippen LogP contribution in [0, 0.1) is 11.8 Å². The molecule has 0 saturated heterocycles. The average molecular weight is 1480 g/mol. The normalized spacial score (nSPS) is 14.8. The number of carboxylic acids is 4. The van der Waals surface area contributed by atoms with Gasteiger partial charge in [0.1, 0.15) is 78.0 Å².